The average Bonchev–Trinajstić information content (AvgIpc) is 2.78. The first-order valence-corrected chi connectivity index (χ1v) is 9.65. The molecule has 3 aromatic rings. The molecule has 0 atom stereocenters. The van der Waals surface area contributed by atoms with Gasteiger partial charge in [0, 0.05) is 12.1 Å². The van der Waals surface area contributed by atoms with E-state index in [0.29, 0.717) is 11.3 Å². The number of hydrazone groups is 1. The number of nitro benzene ring substituents is 1. The van der Waals surface area contributed by atoms with Crippen LogP contribution in [0.3, 0.4) is 0 Å². The molecule has 0 fully saturated rings. The Kier molecular flexibility index (Phi) is 7.39. The minimum atomic E-state index is -4.47. The summed E-state index contributed by atoms with van der Waals surface area (Å²) in [6, 6.07) is 17.4. The van der Waals surface area contributed by atoms with E-state index in [1.54, 1.807) is 36.4 Å². The Hall–Kier alpha value is -4.21. The molecule has 0 aliphatic rings. The van der Waals surface area contributed by atoms with Gasteiger partial charge in [0.2, 0.25) is 5.91 Å². The third-order valence-electron chi connectivity index (χ3n) is 4.45. The molecule has 0 heterocycles. The quantitative estimate of drug-likeness (QED) is 0.296. The topological polar surface area (TPSA) is 93.8 Å². The van der Waals surface area contributed by atoms with E-state index in [0.717, 1.165) is 17.7 Å². The summed E-state index contributed by atoms with van der Waals surface area (Å²) in [6.45, 7) is 0.233. The van der Waals surface area contributed by atoms with Crippen molar-refractivity contribution in [2.45, 2.75) is 19.2 Å². The number of carbonyl (C=O) groups excluding carboxylic acids is 1. The molecule has 0 unspecified atom stereocenters. The number of amides is 1. The highest BCUT2D eigenvalue weighted by Gasteiger charge is 2.30. The zero-order chi connectivity index (χ0) is 23.8. The van der Waals surface area contributed by atoms with E-state index in [-0.39, 0.29) is 24.3 Å². The number of nitro groups is 1. The molecule has 0 saturated heterocycles. The molecule has 0 spiro atoms. The molecular formula is C23H18F3N3O4. The van der Waals surface area contributed by atoms with Crippen LogP contribution in [-0.2, 0) is 24.0 Å². The fourth-order valence-electron chi connectivity index (χ4n) is 2.79. The summed E-state index contributed by atoms with van der Waals surface area (Å²) in [7, 11) is 0. The normalized spacial score (nSPS) is 11.4. The number of nitrogens with zero attached hydrogens (tertiary/aromatic N) is 2. The lowest BCUT2D eigenvalue weighted by atomic mass is 10.1. The van der Waals surface area contributed by atoms with Crippen molar-refractivity contribution in [3.8, 4) is 5.75 Å². The number of alkyl halides is 3. The number of hydrogen-bond donors (Lipinski definition) is 1. The SMILES string of the molecule is O=C(Cc1cccc(C(F)(F)F)c1)N/N=C/c1ccc(OCc2ccc([N+](=O)[O-])cc2)cc1. The van der Waals surface area contributed by atoms with Gasteiger partial charge >= 0.3 is 6.18 Å². The van der Waals surface area contributed by atoms with Crippen molar-refractivity contribution in [2.24, 2.45) is 5.10 Å². The highest BCUT2D eigenvalue weighted by molar-refractivity contribution is 5.83. The van der Waals surface area contributed by atoms with Crippen molar-refractivity contribution in [1.82, 2.24) is 5.43 Å². The minimum absolute atomic E-state index is 0.00399. The summed E-state index contributed by atoms with van der Waals surface area (Å²) in [6.07, 6.45) is -3.32. The number of rotatable bonds is 8. The third kappa shape index (κ3) is 7.17. The van der Waals surface area contributed by atoms with Gasteiger partial charge in [0.15, 0.2) is 0 Å². The maximum atomic E-state index is 12.7. The summed E-state index contributed by atoms with van der Waals surface area (Å²) in [5.41, 5.74) is 3.14. The number of ether oxygens (including phenoxy) is 1. The molecular weight excluding hydrogens is 439 g/mol. The summed E-state index contributed by atoms with van der Waals surface area (Å²) in [5, 5.41) is 14.5. The molecule has 10 heteroatoms. The lowest BCUT2D eigenvalue weighted by Gasteiger charge is -2.08. The predicted octanol–water partition coefficient (Wildman–Crippen LogP) is 4.89. The molecule has 3 aromatic carbocycles. The second kappa shape index (κ2) is 10.4. The first kappa shape index (κ1) is 23.5. The van der Waals surface area contributed by atoms with Crippen LogP contribution >= 0.6 is 0 Å². The van der Waals surface area contributed by atoms with Crippen LogP contribution in [0.25, 0.3) is 0 Å². The van der Waals surface area contributed by atoms with Crippen LogP contribution in [0.1, 0.15) is 22.3 Å². The molecule has 0 aliphatic carbocycles. The van der Waals surface area contributed by atoms with Crippen LogP contribution in [0.5, 0.6) is 5.75 Å². The van der Waals surface area contributed by atoms with E-state index in [4.69, 9.17) is 4.74 Å². The van der Waals surface area contributed by atoms with Crippen LogP contribution < -0.4 is 10.2 Å². The Morgan fingerprint density at radius 1 is 1.03 bits per heavy atom. The molecule has 1 amide bonds. The third-order valence-corrected chi connectivity index (χ3v) is 4.45. The fraction of sp³-hybridized carbons (Fsp3) is 0.130. The zero-order valence-corrected chi connectivity index (χ0v) is 17.1. The van der Waals surface area contributed by atoms with Gasteiger partial charge in [-0.15, -0.1) is 0 Å². The number of hydrogen-bond acceptors (Lipinski definition) is 5. The molecule has 0 aromatic heterocycles. The summed E-state index contributed by atoms with van der Waals surface area (Å²) in [5.74, 6) is 0.0210. The van der Waals surface area contributed by atoms with E-state index in [1.165, 1.54) is 30.5 Å². The lowest BCUT2D eigenvalue weighted by molar-refractivity contribution is -0.384. The number of halogens is 3. The van der Waals surface area contributed by atoms with Crippen molar-refractivity contribution in [3.05, 3.63) is 105 Å². The molecule has 0 saturated carbocycles. The van der Waals surface area contributed by atoms with Crippen molar-refractivity contribution < 1.29 is 27.6 Å². The van der Waals surface area contributed by atoms with E-state index in [1.807, 2.05) is 0 Å². The first-order valence-electron chi connectivity index (χ1n) is 9.65. The average molecular weight is 457 g/mol. The van der Waals surface area contributed by atoms with Gasteiger partial charge < -0.3 is 4.74 Å². The van der Waals surface area contributed by atoms with Gasteiger partial charge in [-0.2, -0.15) is 18.3 Å². The van der Waals surface area contributed by atoms with E-state index >= 15 is 0 Å². The minimum Gasteiger partial charge on any atom is -0.489 e. The highest BCUT2D eigenvalue weighted by Crippen LogP contribution is 2.29. The number of non-ortho nitro benzene ring substituents is 1. The second-order valence-corrected chi connectivity index (χ2v) is 6.95. The Bertz CT molecular complexity index is 1140. The van der Waals surface area contributed by atoms with Crippen molar-refractivity contribution >= 4 is 17.8 Å². The first-order chi connectivity index (χ1) is 15.7. The monoisotopic (exact) mass is 457 g/mol. The van der Waals surface area contributed by atoms with Crippen LogP contribution in [-0.4, -0.2) is 17.0 Å². The van der Waals surface area contributed by atoms with Crippen LogP contribution in [0.2, 0.25) is 0 Å². The Morgan fingerprint density at radius 2 is 1.73 bits per heavy atom. The van der Waals surface area contributed by atoms with Crippen LogP contribution in [0, 0.1) is 10.1 Å². The fourth-order valence-corrected chi connectivity index (χ4v) is 2.79. The largest absolute Gasteiger partial charge is 0.489 e. The second-order valence-electron chi connectivity index (χ2n) is 6.95. The summed E-state index contributed by atoms with van der Waals surface area (Å²) < 4.78 is 43.9. The van der Waals surface area contributed by atoms with Gasteiger partial charge in [-0.25, -0.2) is 5.43 Å². The van der Waals surface area contributed by atoms with Crippen molar-refractivity contribution in [2.75, 3.05) is 0 Å². The van der Waals surface area contributed by atoms with Gasteiger partial charge in [-0.05, 0) is 59.2 Å². The number of nitrogens with one attached hydrogen (secondary N) is 1. The molecule has 3 rings (SSSR count). The Labute approximate surface area is 186 Å². The van der Waals surface area contributed by atoms with Crippen LogP contribution in [0.4, 0.5) is 18.9 Å². The van der Waals surface area contributed by atoms with Gasteiger partial charge in [0.25, 0.3) is 5.69 Å². The van der Waals surface area contributed by atoms with Crippen molar-refractivity contribution in [1.29, 1.82) is 0 Å². The maximum absolute atomic E-state index is 12.7. The number of benzene rings is 3. The smallest absolute Gasteiger partial charge is 0.416 e. The molecule has 0 radical (unpaired) electrons. The van der Waals surface area contributed by atoms with Crippen molar-refractivity contribution in [3.63, 3.8) is 0 Å². The molecule has 1 N–H and O–H groups in total. The molecule has 170 valence electrons. The Balaban J connectivity index is 1.48. The van der Waals surface area contributed by atoms with Crippen LogP contribution in [0.15, 0.2) is 77.9 Å². The summed E-state index contributed by atoms with van der Waals surface area (Å²) >= 11 is 0. The predicted molar refractivity (Wildman–Crippen MR) is 115 cm³/mol. The molecule has 0 aliphatic heterocycles. The molecule has 33 heavy (non-hydrogen) atoms. The standard InChI is InChI=1S/C23H18F3N3O4/c24-23(25,26)19-3-1-2-18(12-19)13-22(30)28-27-14-16-6-10-21(11-7-16)33-15-17-4-8-20(9-5-17)29(31)32/h1-12,14H,13,15H2,(H,28,30)/b27-14+. The van der Waals surface area contributed by atoms with Gasteiger partial charge in [-0.3, -0.25) is 14.9 Å². The van der Waals surface area contributed by atoms with E-state index in [2.05, 4.69) is 10.5 Å². The van der Waals surface area contributed by atoms with E-state index in [9.17, 15) is 28.1 Å². The summed E-state index contributed by atoms with van der Waals surface area (Å²) in [4.78, 5) is 22.1. The zero-order valence-electron chi connectivity index (χ0n) is 17.1. The lowest BCUT2D eigenvalue weighted by Crippen LogP contribution is -2.20. The van der Waals surface area contributed by atoms with Gasteiger partial charge in [0.1, 0.15) is 12.4 Å². The van der Waals surface area contributed by atoms with E-state index < -0.39 is 22.6 Å². The van der Waals surface area contributed by atoms with Gasteiger partial charge in [0.05, 0.1) is 23.1 Å². The molecule has 7 nitrogen and oxygen atoms in total. The number of carbonyl (C=O) groups is 1. The molecule has 0 bridgehead atoms. The maximum Gasteiger partial charge on any atom is 0.416 e. The highest BCUT2D eigenvalue weighted by atomic mass is 19.4. The van der Waals surface area contributed by atoms with Gasteiger partial charge in [-0.1, -0.05) is 18.2 Å². The Morgan fingerprint density at radius 3 is 2.36 bits per heavy atom.